The van der Waals surface area contributed by atoms with Gasteiger partial charge in [0.2, 0.25) is 5.91 Å². The number of phosphoric ester groups is 1. The topological polar surface area (TPSA) is 116 Å². The van der Waals surface area contributed by atoms with Crippen LogP contribution >= 0.6 is 7.82 Å². The monoisotopic (exact) mass is 942 g/mol. The lowest BCUT2D eigenvalue weighted by atomic mass is 10.0. The molecule has 0 aliphatic heterocycles. The zero-order chi connectivity index (χ0) is 47.4. The molecule has 65 heavy (non-hydrogen) atoms. The minimum Gasteiger partial charge on any atom is -0.391 e. The van der Waals surface area contributed by atoms with Crippen molar-refractivity contribution in [3.8, 4) is 0 Å². The fourth-order valence-corrected chi connectivity index (χ4v) is 10.0. The molecular formula is C57H116NO6P. The van der Waals surface area contributed by atoms with E-state index in [0.29, 0.717) is 12.8 Å². The maximum atomic E-state index is 12.7. The van der Waals surface area contributed by atoms with Crippen LogP contribution in [0.4, 0.5) is 0 Å². The zero-order valence-corrected chi connectivity index (χ0v) is 44.8. The molecule has 2 atom stereocenters. The van der Waals surface area contributed by atoms with E-state index >= 15 is 0 Å². The lowest BCUT2D eigenvalue weighted by Gasteiger charge is -2.24. The first-order valence-electron chi connectivity index (χ1n) is 29.5. The van der Waals surface area contributed by atoms with Crippen molar-refractivity contribution in [2.75, 3.05) is 6.61 Å². The van der Waals surface area contributed by atoms with Crippen LogP contribution in [0.5, 0.6) is 0 Å². The number of nitrogens with one attached hydrogen (secondary N) is 1. The van der Waals surface area contributed by atoms with Crippen LogP contribution in [0.1, 0.15) is 341 Å². The minimum absolute atomic E-state index is 0.184. The Bertz CT molecular complexity index is 977. The summed E-state index contributed by atoms with van der Waals surface area (Å²) in [4.78, 5) is 31.2. The highest BCUT2D eigenvalue weighted by Gasteiger charge is 2.25. The van der Waals surface area contributed by atoms with E-state index < -0.39 is 26.6 Å². The van der Waals surface area contributed by atoms with Crippen LogP contribution in [0.2, 0.25) is 0 Å². The molecule has 0 bridgehead atoms. The molecule has 0 saturated heterocycles. The van der Waals surface area contributed by atoms with Crippen molar-refractivity contribution in [3.05, 3.63) is 0 Å². The molecule has 0 unspecified atom stereocenters. The molecule has 0 radical (unpaired) electrons. The first-order valence-corrected chi connectivity index (χ1v) is 31.0. The van der Waals surface area contributed by atoms with E-state index in [1.54, 1.807) is 0 Å². The standard InChI is InChI=1S/C57H116NO6P/c1-3-5-7-9-11-13-15-17-19-21-22-23-24-25-26-27-28-29-30-31-32-33-34-35-36-37-39-41-43-45-47-49-51-53-57(60)58-55(54-64-65(61,62)63)56(59)52-50-48-46-44-42-40-38-20-18-16-14-12-10-8-6-4-2/h55-56,59H,3-54H2,1-2H3,(H,58,60)(H2,61,62,63)/t55-,56+/m0/s1. The molecule has 0 aromatic heterocycles. The Balaban J connectivity index is 3.61. The van der Waals surface area contributed by atoms with Crippen LogP contribution in [0, 0.1) is 0 Å². The highest BCUT2D eigenvalue weighted by molar-refractivity contribution is 7.46. The summed E-state index contributed by atoms with van der Waals surface area (Å²) in [5.41, 5.74) is 0. The van der Waals surface area contributed by atoms with Crippen LogP contribution in [0.3, 0.4) is 0 Å². The van der Waals surface area contributed by atoms with Crippen molar-refractivity contribution in [2.24, 2.45) is 0 Å². The second-order valence-corrected chi connectivity index (χ2v) is 21.9. The third-order valence-electron chi connectivity index (χ3n) is 14.1. The largest absolute Gasteiger partial charge is 0.469 e. The van der Waals surface area contributed by atoms with E-state index in [1.807, 2.05) is 0 Å². The third kappa shape index (κ3) is 54.3. The average molecular weight is 943 g/mol. The van der Waals surface area contributed by atoms with Gasteiger partial charge in [-0.05, 0) is 12.8 Å². The molecule has 0 saturated carbocycles. The Hall–Kier alpha value is -0.460. The van der Waals surface area contributed by atoms with Gasteiger partial charge in [0.15, 0.2) is 0 Å². The van der Waals surface area contributed by atoms with Crippen LogP contribution in [-0.4, -0.2) is 39.6 Å². The number of carbonyl (C=O) groups is 1. The Morgan fingerprint density at radius 3 is 0.831 bits per heavy atom. The van der Waals surface area contributed by atoms with Gasteiger partial charge in [0.25, 0.3) is 0 Å². The lowest BCUT2D eigenvalue weighted by Crippen LogP contribution is -2.46. The van der Waals surface area contributed by atoms with Gasteiger partial charge < -0.3 is 20.2 Å². The number of unbranched alkanes of at least 4 members (excludes halogenated alkanes) is 47. The molecule has 0 aromatic carbocycles. The number of hydrogen-bond donors (Lipinski definition) is 4. The van der Waals surface area contributed by atoms with E-state index in [1.165, 1.54) is 276 Å². The zero-order valence-electron chi connectivity index (χ0n) is 43.9. The quantitative estimate of drug-likeness (QED) is 0.0357. The predicted molar refractivity (Wildman–Crippen MR) is 283 cm³/mol. The molecule has 0 spiro atoms. The third-order valence-corrected chi connectivity index (χ3v) is 14.6. The summed E-state index contributed by atoms with van der Waals surface area (Å²) in [5, 5.41) is 13.6. The number of aliphatic hydroxyl groups excluding tert-OH is 1. The van der Waals surface area contributed by atoms with Gasteiger partial charge in [-0.3, -0.25) is 9.32 Å². The van der Waals surface area contributed by atoms with Crippen molar-refractivity contribution < 1.29 is 28.8 Å². The van der Waals surface area contributed by atoms with E-state index in [4.69, 9.17) is 4.52 Å². The fraction of sp³-hybridized carbons (Fsp3) is 0.982. The van der Waals surface area contributed by atoms with Crippen molar-refractivity contribution in [3.63, 3.8) is 0 Å². The molecule has 0 aliphatic carbocycles. The van der Waals surface area contributed by atoms with Gasteiger partial charge in [-0.2, -0.15) is 0 Å². The molecule has 0 rings (SSSR count). The highest BCUT2D eigenvalue weighted by Crippen LogP contribution is 2.36. The van der Waals surface area contributed by atoms with Gasteiger partial charge in [0.1, 0.15) is 0 Å². The number of phosphoric acid groups is 1. The molecule has 0 fully saturated rings. The van der Waals surface area contributed by atoms with E-state index in [0.717, 1.165) is 38.5 Å². The van der Waals surface area contributed by atoms with Crippen molar-refractivity contribution in [1.29, 1.82) is 0 Å². The van der Waals surface area contributed by atoms with Crippen molar-refractivity contribution in [1.82, 2.24) is 5.32 Å². The van der Waals surface area contributed by atoms with Crippen LogP contribution in [0.15, 0.2) is 0 Å². The molecule has 390 valence electrons. The molecule has 8 heteroatoms. The van der Waals surface area contributed by atoms with E-state index in [9.17, 15) is 24.3 Å². The smallest absolute Gasteiger partial charge is 0.391 e. The predicted octanol–water partition coefficient (Wildman–Crippen LogP) is 18.9. The molecule has 0 heterocycles. The fourth-order valence-electron chi connectivity index (χ4n) is 9.65. The summed E-state index contributed by atoms with van der Waals surface area (Å²) in [6, 6.07) is -0.820. The second-order valence-electron chi connectivity index (χ2n) is 20.7. The Kier molecular flexibility index (Phi) is 52.5. The van der Waals surface area contributed by atoms with Gasteiger partial charge in [0, 0.05) is 6.42 Å². The Morgan fingerprint density at radius 2 is 0.600 bits per heavy atom. The summed E-state index contributed by atoms with van der Waals surface area (Å²) < 4.78 is 16.1. The number of rotatable bonds is 56. The normalized spacial score (nSPS) is 12.9. The van der Waals surface area contributed by atoms with Gasteiger partial charge >= 0.3 is 7.82 Å². The van der Waals surface area contributed by atoms with Gasteiger partial charge in [-0.1, -0.05) is 322 Å². The van der Waals surface area contributed by atoms with Gasteiger partial charge in [0.05, 0.1) is 18.8 Å². The Labute approximate surface area is 406 Å². The maximum Gasteiger partial charge on any atom is 0.469 e. The van der Waals surface area contributed by atoms with Gasteiger partial charge in [-0.25, -0.2) is 4.57 Å². The second kappa shape index (κ2) is 52.9. The first-order chi connectivity index (χ1) is 31.8. The molecule has 0 aromatic rings. The molecule has 1 amide bonds. The number of aliphatic hydroxyl groups is 1. The molecule has 0 aliphatic rings. The number of amides is 1. The average Bonchev–Trinajstić information content (AvgIpc) is 3.28. The van der Waals surface area contributed by atoms with Crippen molar-refractivity contribution >= 4 is 13.7 Å². The number of carbonyl (C=O) groups excluding carboxylic acids is 1. The maximum absolute atomic E-state index is 12.7. The molecule has 7 nitrogen and oxygen atoms in total. The van der Waals surface area contributed by atoms with Crippen LogP contribution < -0.4 is 5.32 Å². The lowest BCUT2D eigenvalue weighted by molar-refractivity contribution is -0.123. The summed E-state index contributed by atoms with van der Waals surface area (Å²) in [6.45, 7) is 4.18. The summed E-state index contributed by atoms with van der Waals surface area (Å²) in [6.07, 6.45) is 65.8. The summed E-state index contributed by atoms with van der Waals surface area (Å²) >= 11 is 0. The SMILES string of the molecule is CCCCCCCCCCCCCCCCCCCCCCCCCCCCCCCCCCCC(=O)N[C@@H](COP(=O)(O)O)[C@H](O)CCCCCCCCCCCCCCCCCC. The highest BCUT2D eigenvalue weighted by atomic mass is 31.2. The molecule has 4 N–H and O–H groups in total. The first kappa shape index (κ1) is 64.5. The molecular weight excluding hydrogens is 826 g/mol. The summed E-state index contributed by atoms with van der Waals surface area (Å²) in [7, 11) is -4.70. The summed E-state index contributed by atoms with van der Waals surface area (Å²) in [5.74, 6) is -0.184. The van der Waals surface area contributed by atoms with Crippen LogP contribution in [0.25, 0.3) is 0 Å². The van der Waals surface area contributed by atoms with Gasteiger partial charge in [-0.15, -0.1) is 0 Å². The van der Waals surface area contributed by atoms with E-state index in [-0.39, 0.29) is 5.91 Å². The Morgan fingerprint density at radius 1 is 0.385 bits per heavy atom. The minimum atomic E-state index is -4.70. The van der Waals surface area contributed by atoms with Crippen LogP contribution in [-0.2, 0) is 13.9 Å². The van der Waals surface area contributed by atoms with E-state index in [2.05, 4.69) is 19.2 Å². The van der Waals surface area contributed by atoms with Crippen molar-refractivity contribution in [2.45, 2.75) is 353 Å². The number of hydrogen-bond acceptors (Lipinski definition) is 4.